The fraction of sp³-hybridized carbons (Fsp3) is 0.933. The number of aliphatic hydroxyl groups is 11. The Morgan fingerprint density at radius 2 is 0.949 bits per heavy atom. The molecule has 0 aromatic rings. The second-order valence-corrected chi connectivity index (χ2v) is 28.6. The molecule has 0 aromatic carbocycles. The number of aliphatic carboxylic acids is 1. The largest absolute Gasteiger partial charge is 0.477 e. The number of amides is 2. The van der Waals surface area contributed by atoms with Crippen LogP contribution < -0.4 is 10.6 Å². The van der Waals surface area contributed by atoms with Gasteiger partial charge in [0.2, 0.25) is 11.8 Å². The van der Waals surface area contributed by atoms with Crippen LogP contribution in [-0.4, -0.2) is 215 Å². The number of carboxylic acid groups (broad SMARTS) is 1. The van der Waals surface area contributed by atoms with E-state index in [1.54, 1.807) is 0 Å². The Balaban J connectivity index is 1.50. The standard InChI is InChI=1S/C75H140N2O21/c1-4-6-8-10-12-14-16-18-20-22-23-24-25-26-27-28-29-30-31-32-33-35-37-39-41-43-45-47-49-62(85)77-56(57(82)48-46-44-42-40-38-36-34-21-19-17-15-13-11-9-7-5-2)54-93-72-67(89)66(88)69(61(53-80)95-72)96-73-68(90)71(65(87)60(52-79)94-73)98-75(74(91)92)50-58(83)63(76-55(3)81)70(97-75)64(86)59(84)51-78/h26-27,56-61,63-73,78-80,82-84,86-90H,4-25,28-54H2,1-3H3,(H,76,81)(H,77,85)(H,91,92)/b27-26-. The summed E-state index contributed by atoms with van der Waals surface area (Å²) < 4.78 is 34.9. The maximum atomic E-state index is 13.5. The molecular formula is C75H140N2O21. The van der Waals surface area contributed by atoms with Crippen LogP contribution in [0.25, 0.3) is 0 Å². The lowest BCUT2D eigenvalue weighted by atomic mass is 9.88. The molecule has 0 bridgehead atoms. The van der Waals surface area contributed by atoms with Gasteiger partial charge < -0.3 is 100 Å². The van der Waals surface area contributed by atoms with Crippen LogP contribution in [0.1, 0.15) is 310 Å². The molecule has 3 aliphatic heterocycles. The van der Waals surface area contributed by atoms with E-state index in [1.165, 1.54) is 205 Å². The van der Waals surface area contributed by atoms with Crippen molar-refractivity contribution in [3.05, 3.63) is 12.2 Å². The minimum absolute atomic E-state index is 0.225. The first-order chi connectivity index (χ1) is 47.4. The van der Waals surface area contributed by atoms with Gasteiger partial charge in [0.25, 0.3) is 5.79 Å². The van der Waals surface area contributed by atoms with Crippen LogP contribution in [0.4, 0.5) is 0 Å². The number of hydrogen-bond donors (Lipinski definition) is 14. The van der Waals surface area contributed by atoms with Gasteiger partial charge in [0, 0.05) is 19.8 Å². The summed E-state index contributed by atoms with van der Waals surface area (Å²) in [5.41, 5.74) is 0. The normalized spacial score (nSPS) is 27.3. The van der Waals surface area contributed by atoms with E-state index in [1.807, 2.05) is 0 Å². The number of ether oxygens (including phenoxy) is 6. The van der Waals surface area contributed by atoms with Crippen LogP contribution in [0.5, 0.6) is 0 Å². The Morgan fingerprint density at radius 3 is 1.38 bits per heavy atom. The Bertz CT molecular complexity index is 2010. The van der Waals surface area contributed by atoms with E-state index in [4.69, 9.17) is 28.4 Å². The molecule has 2 amide bonds. The average Bonchev–Trinajstić information content (AvgIpc) is 0.757. The van der Waals surface area contributed by atoms with Crippen molar-refractivity contribution in [2.75, 3.05) is 26.4 Å². The molecule has 3 rings (SSSR count). The lowest BCUT2D eigenvalue weighted by Gasteiger charge is -2.50. The molecule has 576 valence electrons. The highest BCUT2D eigenvalue weighted by Gasteiger charge is 2.60. The third-order valence-corrected chi connectivity index (χ3v) is 20.0. The molecule has 3 fully saturated rings. The predicted octanol–water partition coefficient (Wildman–Crippen LogP) is 9.41. The molecule has 3 heterocycles. The minimum Gasteiger partial charge on any atom is -0.477 e. The Kier molecular flexibility index (Phi) is 50.4. The van der Waals surface area contributed by atoms with Crippen LogP contribution in [0.2, 0.25) is 0 Å². The maximum absolute atomic E-state index is 13.5. The van der Waals surface area contributed by atoms with Crippen molar-refractivity contribution in [2.45, 2.75) is 420 Å². The van der Waals surface area contributed by atoms with Crippen LogP contribution >= 0.6 is 0 Å². The zero-order valence-corrected chi connectivity index (χ0v) is 60.7. The first-order valence-electron chi connectivity index (χ1n) is 39.0. The average molecular weight is 1410 g/mol. The number of unbranched alkanes of at least 4 members (excludes halogenated alkanes) is 39. The highest BCUT2D eigenvalue weighted by molar-refractivity contribution is 5.77. The van der Waals surface area contributed by atoms with Gasteiger partial charge >= 0.3 is 5.97 Å². The van der Waals surface area contributed by atoms with Crippen molar-refractivity contribution >= 4 is 17.8 Å². The van der Waals surface area contributed by atoms with Crippen LogP contribution in [-0.2, 0) is 42.8 Å². The topological polar surface area (TPSA) is 373 Å². The zero-order chi connectivity index (χ0) is 71.8. The van der Waals surface area contributed by atoms with E-state index in [0.717, 1.165) is 58.3 Å². The van der Waals surface area contributed by atoms with Crippen molar-refractivity contribution < 1.29 is 104 Å². The third kappa shape index (κ3) is 35.8. The van der Waals surface area contributed by atoms with E-state index in [-0.39, 0.29) is 18.9 Å². The van der Waals surface area contributed by atoms with Gasteiger partial charge in [0.15, 0.2) is 12.6 Å². The zero-order valence-electron chi connectivity index (χ0n) is 60.7. The van der Waals surface area contributed by atoms with Gasteiger partial charge in [-0.3, -0.25) is 9.59 Å². The number of hydrogen-bond acceptors (Lipinski definition) is 20. The molecule has 23 heteroatoms. The Hall–Kier alpha value is -2.53. The van der Waals surface area contributed by atoms with Gasteiger partial charge in [-0.15, -0.1) is 0 Å². The van der Waals surface area contributed by atoms with Crippen LogP contribution in [0.3, 0.4) is 0 Å². The summed E-state index contributed by atoms with van der Waals surface area (Å²) >= 11 is 0. The monoisotopic (exact) mass is 1400 g/mol. The molecule has 23 nitrogen and oxygen atoms in total. The Labute approximate surface area is 588 Å². The summed E-state index contributed by atoms with van der Waals surface area (Å²) in [5.74, 6) is -6.09. The Morgan fingerprint density at radius 1 is 0.520 bits per heavy atom. The van der Waals surface area contributed by atoms with E-state index >= 15 is 0 Å². The molecule has 98 heavy (non-hydrogen) atoms. The van der Waals surface area contributed by atoms with Crippen LogP contribution in [0, 0.1) is 0 Å². The van der Waals surface area contributed by atoms with Gasteiger partial charge in [0.05, 0.1) is 50.7 Å². The molecule has 0 spiro atoms. The van der Waals surface area contributed by atoms with Crippen molar-refractivity contribution in [2.24, 2.45) is 0 Å². The predicted molar refractivity (Wildman–Crippen MR) is 375 cm³/mol. The lowest BCUT2D eigenvalue weighted by molar-refractivity contribution is -0.386. The van der Waals surface area contributed by atoms with Gasteiger partial charge in [0.1, 0.15) is 67.1 Å². The van der Waals surface area contributed by atoms with E-state index in [0.29, 0.717) is 19.3 Å². The lowest BCUT2D eigenvalue weighted by Crippen LogP contribution is -2.70. The minimum atomic E-state index is -3.08. The number of nitrogens with one attached hydrogen (secondary N) is 2. The smallest absolute Gasteiger partial charge is 0.364 e. The molecule has 18 unspecified atom stereocenters. The van der Waals surface area contributed by atoms with E-state index < -0.39 is 148 Å². The number of carboxylic acids is 1. The molecule has 0 radical (unpaired) electrons. The van der Waals surface area contributed by atoms with Gasteiger partial charge in [-0.05, 0) is 38.5 Å². The summed E-state index contributed by atoms with van der Waals surface area (Å²) in [7, 11) is 0. The molecule has 3 saturated heterocycles. The van der Waals surface area contributed by atoms with Gasteiger partial charge in [-0.2, -0.15) is 0 Å². The van der Waals surface area contributed by atoms with Gasteiger partial charge in [-0.25, -0.2) is 4.79 Å². The molecule has 3 aliphatic rings. The maximum Gasteiger partial charge on any atom is 0.364 e. The summed E-state index contributed by atoms with van der Waals surface area (Å²) in [5, 5.41) is 136. The number of aliphatic hydroxyl groups excluding tert-OH is 11. The molecule has 0 aliphatic carbocycles. The fourth-order valence-corrected chi connectivity index (χ4v) is 13.8. The summed E-state index contributed by atoms with van der Waals surface area (Å²) in [6.45, 7) is 2.24. The first kappa shape index (κ1) is 89.7. The summed E-state index contributed by atoms with van der Waals surface area (Å²) in [4.78, 5) is 38.7. The number of carbonyl (C=O) groups excluding carboxylic acids is 2. The second kappa shape index (κ2) is 55.0. The molecular weight excluding hydrogens is 1260 g/mol. The van der Waals surface area contributed by atoms with Crippen molar-refractivity contribution in [1.29, 1.82) is 0 Å². The third-order valence-electron chi connectivity index (χ3n) is 20.0. The number of rotatable bonds is 61. The number of carbonyl (C=O) groups is 3. The SMILES string of the molecule is CCCCCCCCCCCCCC/C=C\CCCCCCCCCCCCCCC(=O)NC(COC1OC(CO)C(OC2OC(CO)C(O)C(OC3(C(=O)O)CC(O)C(NC(C)=O)C(C(O)C(O)CO)O3)C2O)C(O)C1O)C(O)CCCCCCCCCCCCCCCCCC. The highest BCUT2D eigenvalue weighted by atomic mass is 16.8. The molecule has 18 atom stereocenters. The van der Waals surface area contributed by atoms with E-state index in [2.05, 4.69) is 36.6 Å². The second-order valence-electron chi connectivity index (χ2n) is 28.6. The van der Waals surface area contributed by atoms with Gasteiger partial charge in [-0.1, -0.05) is 264 Å². The van der Waals surface area contributed by atoms with E-state index in [9.17, 15) is 75.7 Å². The molecule has 14 N–H and O–H groups in total. The first-order valence-corrected chi connectivity index (χ1v) is 39.0. The number of allylic oxidation sites excluding steroid dienone is 2. The van der Waals surface area contributed by atoms with Crippen molar-refractivity contribution in [3.8, 4) is 0 Å². The quantitative estimate of drug-likeness (QED) is 0.0199. The molecule has 0 aromatic heterocycles. The molecule has 0 saturated carbocycles. The fourth-order valence-electron chi connectivity index (χ4n) is 13.8. The van der Waals surface area contributed by atoms with Crippen LogP contribution in [0.15, 0.2) is 12.2 Å². The van der Waals surface area contributed by atoms with Crippen molar-refractivity contribution in [1.82, 2.24) is 10.6 Å². The van der Waals surface area contributed by atoms with Crippen molar-refractivity contribution in [3.63, 3.8) is 0 Å². The summed E-state index contributed by atoms with van der Waals surface area (Å²) in [6, 6.07) is -2.53. The summed E-state index contributed by atoms with van der Waals surface area (Å²) in [6.07, 6.45) is 27.8. The highest BCUT2D eigenvalue weighted by Crippen LogP contribution is 2.39.